The summed E-state index contributed by atoms with van der Waals surface area (Å²) >= 11 is 0. The Bertz CT molecular complexity index is 668. The van der Waals surface area contributed by atoms with Gasteiger partial charge < -0.3 is 20.5 Å². The van der Waals surface area contributed by atoms with E-state index in [1.807, 2.05) is 33.8 Å². The van der Waals surface area contributed by atoms with Crippen LogP contribution in [0.25, 0.3) is 0 Å². The van der Waals surface area contributed by atoms with Crippen molar-refractivity contribution in [3.05, 3.63) is 23.5 Å². The summed E-state index contributed by atoms with van der Waals surface area (Å²) in [6, 6.07) is 3.37. The minimum atomic E-state index is -0.287. The topological polar surface area (TPSA) is 101 Å². The third-order valence-electron chi connectivity index (χ3n) is 4.34. The summed E-state index contributed by atoms with van der Waals surface area (Å²) in [4.78, 5) is 29.3. The maximum absolute atomic E-state index is 12.6. The number of amides is 3. The van der Waals surface area contributed by atoms with E-state index in [2.05, 4.69) is 15.6 Å². The number of urea groups is 1. The zero-order chi connectivity index (χ0) is 18.6. The van der Waals surface area contributed by atoms with Gasteiger partial charge in [0.05, 0.1) is 5.56 Å². The molecule has 3 amide bonds. The molecule has 25 heavy (non-hydrogen) atoms. The molecule has 136 valence electrons. The van der Waals surface area contributed by atoms with Crippen molar-refractivity contribution in [1.29, 1.82) is 5.26 Å². The average molecular weight is 345 g/mol. The summed E-state index contributed by atoms with van der Waals surface area (Å²) in [5.74, 6) is 0.103. The number of hydrogen-bond acceptors (Lipinski definition) is 3. The Kier molecular flexibility index (Phi) is 5.73. The molecule has 3 N–H and O–H groups in total. The van der Waals surface area contributed by atoms with Gasteiger partial charge in [-0.1, -0.05) is 0 Å². The highest BCUT2D eigenvalue weighted by Crippen LogP contribution is 2.21. The molecule has 1 aromatic heterocycles. The molecule has 1 aliphatic heterocycles. The molecule has 1 saturated heterocycles. The fourth-order valence-corrected chi connectivity index (χ4v) is 3.06. The van der Waals surface area contributed by atoms with Gasteiger partial charge in [0, 0.05) is 30.9 Å². The van der Waals surface area contributed by atoms with E-state index >= 15 is 0 Å². The Morgan fingerprint density at radius 2 is 2.16 bits per heavy atom. The van der Waals surface area contributed by atoms with Gasteiger partial charge in [-0.2, -0.15) is 5.26 Å². The molecule has 0 bridgehead atoms. The lowest BCUT2D eigenvalue weighted by Gasteiger charge is -2.36. The van der Waals surface area contributed by atoms with Crippen LogP contribution in [0.4, 0.5) is 4.79 Å². The molecule has 1 fully saturated rings. The Morgan fingerprint density at radius 1 is 1.44 bits per heavy atom. The zero-order valence-corrected chi connectivity index (χ0v) is 15.3. The molecule has 2 unspecified atom stereocenters. The molecule has 0 radical (unpaired) electrons. The first-order chi connectivity index (χ1) is 11.7. The van der Waals surface area contributed by atoms with E-state index in [9.17, 15) is 9.59 Å². The van der Waals surface area contributed by atoms with Crippen LogP contribution in [-0.4, -0.2) is 46.5 Å². The average Bonchev–Trinajstić information content (AvgIpc) is 3.01. The summed E-state index contributed by atoms with van der Waals surface area (Å²) < 4.78 is 0. The molecule has 0 saturated carbocycles. The van der Waals surface area contributed by atoms with Crippen molar-refractivity contribution in [2.24, 2.45) is 5.92 Å². The number of piperidine rings is 1. The van der Waals surface area contributed by atoms with E-state index in [-0.39, 0.29) is 29.4 Å². The highest BCUT2D eigenvalue weighted by molar-refractivity contribution is 5.93. The van der Waals surface area contributed by atoms with Crippen molar-refractivity contribution < 1.29 is 9.59 Å². The summed E-state index contributed by atoms with van der Waals surface area (Å²) in [6.45, 7) is 9.06. The third kappa shape index (κ3) is 5.24. The lowest BCUT2D eigenvalue weighted by Crippen LogP contribution is -2.53. The van der Waals surface area contributed by atoms with Gasteiger partial charge in [0.25, 0.3) is 5.91 Å². The molecule has 1 aliphatic rings. The van der Waals surface area contributed by atoms with Crippen LogP contribution in [0.15, 0.2) is 12.3 Å². The van der Waals surface area contributed by atoms with Gasteiger partial charge in [-0.05, 0) is 52.5 Å². The normalized spacial score (nSPS) is 19.0. The van der Waals surface area contributed by atoms with Crippen LogP contribution in [0.5, 0.6) is 0 Å². The number of nitrogens with zero attached hydrogens (tertiary/aromatic N) is 2. The predicted octanol–water partition coefficient (Wildman–Crippen LogP) is 2.22. The fraction of sp³-hybridized carbons (Fsp3) is 0.611. The summed E-state index contributed by atoms with van der Waals surface area (Å²) in [6.07, 6.45) is 3.40. The zero-order valence-electron chi connectivity index (χ0n) is 15.3. The van der Waals surface area contributed by atoms with Crippen LogP contribution >= 0.6 is 0 Å². The van der Waals surface area contributed by atoms with Crippen LogP contribution in [0.3, 0.4) is 0 Å². The van der Waals surface area contributed by atoms with E-state index in [1.54, 1.807) is 11.0 Å². The lowest BCUT2D eigenvalue weighted by atomic mass is 9.91. The Labute approximate surface area is 148 Å². The van der Waals surface area contributed by atoms with Crippen molar-refractivity contribution in [3.63, 3.8) is 0 Å². The van der Waals surface area contributed by atoms with Crippen molar-refractivity contribution >= 4 is 11.9 Å². The summed E-state index contributed by atoms with van der Waals surface area (Å²) in [5, 5.41) is 14.8. The monoisotopic (exact) mass is 345 g/mol. The first-order valence-electron chi connectivity index (χ1n) is 8.66. The molecule has 7 nitrogen and oxygen atoms in total. The van der Waals surface area contributed by atoms with E-state index in [4.69, 9.17) is 5.26 Å². The molecule has 0 aliphatic carbocycles. The van der Waals surface area contributed by atoms with Gasteiger partial charge >= 0.3 is 6.03 Å². The lowest BCUT2D eigenvalue weighted by molar-refractivity contribution is 0.0648. The molecular weight excluding hydrogens is 318 g/mol. The van der Waals surface area contributed by atoms with Crippen LogP contribution in [0.1, 0.15) is 56.6 Å². The number of nitrogens with one attached hydrogen (secondary N) is 3. The quantitative estimate of drug-likeness (QED) is 0.783. The molecule has 2 rings (SSSR count). The molecule has 2 atom stereocenters. The predicted molar refractivity (Wildman–Crippen MR) is 95.0 cm³/mol. The fourth-order valence-electron chi connectivity index (χ4n) is 3.06. The smallest absolute Gasteiger partial charge is 0.315 e. The number of hydrogen-bond donors (Lipinski definition) is 3. The molecule has 0 spiro atoms. The van der Waals surface area contributed by atoms with E-state index in [0.717, 1.165) is 12.8 Å². The third-order valence-corrected chi connectivity index (χ3v) is 4.34. The first kappa shape index (κ1) is 18.8. The second-order valence-corrected chi connectivity index (χ2v) is 7.70. The van der Waals surface area contributed by atoms with Crippen molar-refractivity contribution in [3.8, 4) is 6.07 Å². The van der Waals surface area contributed by atoms with Gasteiger partial charge in [-0.25, -0.2) is 4.79 Å². The van der Waals surface area contributed by atoms with E-state index in [0.29, 0.717) is 24.3 Å². The molecular formula is C18H27N5O2. The first-order valence-corrected chi connectivity index (χ1v) is 8.66. The van der Waals surface area contributed by atoms with Crippen molar-refractivity contribution in [1.82, 2.24) is 20.5 Å². The highest BCUT2D eigenvalue weighted by Gasteiger charge is 2.29. The maximum Gasteiger partial charge on any atom is 0.315 e. The second kappa shape index (κ2) is 7.60. The number of H-pyrrole nitrogens is 1. The minimum Gasteiger partial charge on any atom is -0.356 e. The van der Waals surface area contributed by atoms with Crippen LogP contribution in [-0.2, 0) is 0 Å². The van der Waals surface area contributed by atoms with Crippen LogP contribution < -0.4 is 10.6 Å². The second-order valence-electron chi connectivity index (χ2n) is 7.70. The summed E-state index contributed by atoms with van der Waals surface area (Å²) in [5.41, 5.74) is 0.596. The number of carbonyl (C=O) groups excluding carboxylic acids is 2. The number of aromatic amines is 1. The molecule has 2 heterocycles. The van der Waals surface area contributed by atoms with Gasteiger partial charge in [0.2, 0.25) is 0 Å². The van der Waals surface area contributed by atoms with Crippen LogP contribution in [0.2, 0.25) is 0 Å². The Balaban J connectivity index is 1.94. The van der Waals surface area contributed by atoms with Gasteiger partial charge in [-0.15, -0.1) is 0 Å². The molecule has 1 aromatic rings. The summed E-state index contributed by atoms with van der Waals surface area (Å²) in [7, 11) is 0. The van der Waals surface area contributed by atoms with Gasteiger partial charge in [0.1, 0.15) is 11.8 Å². The van der Waals surface area contributed by atoms with Crippen molar-refractivity contribution in [2.45, 2.75) is 52.1 Å². The highest BCUT2D eigenvalue weighted by atomic mass is 16.2. The maximum atomic E-state index is 12.6. The van der Waals surface area contributed by atoms with E-state index in [1.165, 1.54) is 6.20 Å². The Morgan fingerprint density at radius 3 is 2.76 bits per heavy atom. The number of likely N-dealkylation sites (tertiary alicyclic amines) is 1. The van der Waals surface area contributed by atoms with Crippen LogP contribution in [0, 0.1) is 17.2 Å². The molecule has 0 aromatic carbocycles. The number of aromatic nitrogens is 1. The molecule has 7 heteroatoms. The number of rotatable bonds is 3. The standard InChI is InChI=1S/C18H27N5O2/c1-12(21-17(25)22-18(2,3)4)14-6-5-7-23(11-14)16(24)15-8-13(9-19)10-20-15/h8,10,12,14,20H,5-7,11H2,1-4H3,(H2,21,22,25). The van der Waals surface area contributed by atoms with E-state index < -0.39 is 0 Å². The minimum absolute atomic E-state index is 0.0312. The largest absolute Gasteiger partial charge is 0.356 e. The SMILES string of the molecule is CC(NC(=O)NC(C)(C)C)C1CCCN(C(=O)c2cc(C#N)c[nH]2)C1. The Hall–Kier alpha value is -2.49. The number of nitriles is 1. The van der Waals surface area contributed by atoms with Gasteiger partial charge in [0.15, 0.2) is 0 Å². The van der Waals surface area contributed by atoms with Gasteiger partial charge in [-0.3, -0.25) is 4.79 Å². The van der Waals surface area contributed by atoms with Crippen molar-refractivity contribution in [2.75, 3.05) is 13.1 Å². The number of carbonyl (C=O) groups is 2.